The van der Waals surface area contributed by atoms with Gasteiger partial charge in [0.2, 0.25) is 0 Å². The van der Waals surface area contributed by atoms with Crippen molar-refractivity contribution in [2.75, 3.05) is 18.0 Å². The molecule has 1 aliphatic rings. The van der Waals surface area contributed by atoms with Gasteiger partial charge < -0.3 is 15.1 Å². The van der Waals surface area contributed by atoms with Gasteiger partial charge in [0.15, 0.2) is 5.69 Å². The topological polar surface area (TPSA) is 73.7 Å². The van der Waals surface area contributed by atoms with Crippen molar-refractivity contribution in [2.24, 2.45) is 5.92 Å². The van der Waals surface area contributed by atoms with Crippen LogP contribution in [0.3, 0.4) is 0 Å². The van der Waals surface area contributed by atoms with Crippen molar-refractivity contribution in [3.05, 3.63) is 22.8 Å². The summed E-state index contributed by atoms with van der Waals surface area (Å²) in [6.45, 7) is 3.22. The second kappa shape index (κ2) is 5.12. The van der Waals surface area contributed by atoms with Crippen molar-refractivity contribution in [1.82, 2.24) is 4.98 Å². The van der Waals surface area contributed by atoms with Gasteiger partial charge in [-0.3, -0.25) is 0 Å². The third-order valence-corrected chi connectivity index (χ3v) is 3.58. The molecular weight excluding hydrogens is 256 g/mol. The molecule has 0 spiro atoms. The van der Waals surface area contributed by atoms with E-state index < -0.39 is 12.1 Å². The van der Waals surface area contributed by atoms with Crippen LogP contribution in [0, 0.1) is 5.92 Å². The summed E-state index contributed by atoms with van der Waals surface area (Å²) in [5.74, 6) is -0.344. The van der Waals surface area contributed by atoms with Crippen molar-refractivity contribution in [3.8, 4) is 0 Å². The number of rotatable bonds is 2. The van der Waals surface area contributed by atoms with E-state index in [1.807, 2.05) is 11.8 Å². The van der Waals surface area contributed by atoms with Crippen molar-refractivity contribution >= 4 is 23.4 Å². The Kier molecular flexibility index (Phi) is 3.73. The fraction of sp³-hybridized carbons (Fsp3) is 0.500. The number of aromatic nitrogens is 1. The van der Waals surface area contributed by atoms with Crippen LogP contribution >= 0.6 is 11.6 Å². The number of anilines is 1. The minimum absolute atomic E-state index is 0.122. The zero-order valence-electron chi connectivity index (χ0n) is 10.0. The van der Waals surface area contributed by atoms with Gasteiger partial charge in [0.1, 0.15) is 5.82 Å². The molecule has 6 heteroatoms. The van der Waals surface area contributed by atoms with E-state index in [2.05, 4.69) is 4.98 Å². The zero-order valence-corrected chi connectivity index (χ0v) is 10.8. The Morgan fingerprint density at radius 3 is 2.89 bits per heavy atom. The van der Waals surface area contributed by atoms with Gasteiger partial charge in [0.05, 0.1) is 11.1 Å². The van der Waals surface area contributed by atoms with Crippen LogP contribution in [0.2, 0.25) is 5.02 Å². The highest BCUT2D eigenvalue weighted by atomic mass is 35.5. The van der Waals surface area contributed by atoms with Crippen LogP contribution in [0.4, 0.5) is 5.82 Å². The van der Waals surface area contributed by atoms with Crippen molar-refractivity contribution in [3.63, 3.8) is 0 Å². The van der Waals surface area contributed by atoms with E-state index in [0.29, 0.717) is 12.4 Å². The van der Waals surface area contributed by atoms with Crippen molar-refractivity contribution in [2.45, 2.75) is 19.4 Å². The molecule has 0 aliphatic carbocycles. The van der Waals surface area contributed by atoms with Crippen LogP contribution in [0.15, 0.2) is 12.1 Å². The molecule has 0 bridgehead atoms. The number of piperidine rings is 1. The van der Waals surface area contributed by atoms with Crippen LogP contribution < -0.4 is 4.90 Å². The summed E-state index contributed by atoms with van der Waals surface area (Å²) in [5, 5.41) is 18.9. The quantitative estimate of drug-likeness (QED) is 0.855. The molecule has 18 heavy (non-hydrogen) atoms. The molecule has 2 atom stereocenters. The van der Waals surface area contributed by atoms with E-state index in [0.717, 1.165) is 13.0 Å². The Balaban J connectivity index is 2.24. The summed E-state index contributed by atoms with van der Waals surface area (Å²) >= 11 is 5.77. The van der Waals surface area contributed by atoms with E-state index in [1.54, 1.807) is 6.07 Å². The normalized spacial score (nSPS) is 24.1. The van der Waals surface area contributed by atoms with E-state index in [9.17, 15) is 9.90 Å². The number of aromatic carboxylic acids is 1. The van der Waals surface area contributed by atoms with Crippen LogP contribution in [0.25, 0.3) is 0 Å². The fourth-order valence-corrected chi connectivity index (χ4v) is 2.20. The highest BCUT2D eigenvalue weighted by Crippen LogP contribution is 2.24. The third kappa shape index (κ3) is 2.57. The van der Waals surface area contributed by atoms with Gasteiger partial charge in [-0.1, -0.05) is 18.5 Å². The molecule has 2 N–H and O–H groups in total. The van der Waals surface area contributed by atoms with Crippen LogP contribution in [0.5, 0.6) is 0 Å². The number of hydrogen-bond acceptors (Lipinski definition) is 4. The SMILES string of the molecule is CC1CCN(c2ccc(Cl)c(C(=O)O)n2)CC1O. The molecule has 2 rings (SSSR count). The minimum atomic E-state index is -1.15. The first-order valence-electron chi connectivity index (χ1n) is 5.82. The standard InChI is InChI=1S/C12H15ClN2O3/c1-7-4-5-15(6-9(7)16)10-3-2-8(13)11(14-10)12(17)18/h2-3,7,9,16H,4-6H2,1H3,(H,17,18). The number of carboxylic acids is 1. The number of hydrogen-bond donors (Lipinski definition) is 2. The number of nitrogens with zero attached hydrogens (tertiary/aromatic N) is 2. The lowest BCUT2D eigenvalue weighted by atomic mass is 9.96. The molecule has 1 fully saturated rings. The summed E-state index contributed by atoms with van der Waals surface area (Å²) < 4.78 is 0. The van der Waals surface area contributed by atoms with E-state index in [-0.39, 0.29) is 16.6 Å². The smallest absolute Gasteiger partial charge is 0.356 e. The van der Waals surface area contributed by atoms with Gasteiger partial charge in [-0.25, -0.2) is 9.78 Å². The molecule has 0 radical (unpaired) electrons. The molecule has 0 amide bonds. The predicted molar refractivity (Wildman–Crippen MR) is 68.2 cm³/mol. The second-order valence-electron chi connectivity index (χ2n) is 4.58. The predicted octanol–water partition coefficient (Wildman–Crippen LogP) is 1.64. The summed E-state index contributed by atoms with van der Waals surface area (Å²) in [4.78, 5) is 16.9. The van der Waals surface area contributed by atoms with Crippen LogP contribution in [-0.4, -0.2) is 40.4 Å². The van der Waals surface area contributed by atoms with Gasteiger partial charge in [-0.15, -0.1) is 0 Å². The summed E-state index contributed by atoms with van der Waals surface area (Å²) in [6.07, 6.45) is 0.443. The lowest BCUT2D eigenvalue weighted by Crippen LogP contribution is -2.43. The maximum atomic E-state index is 11.0. The van der Waals surface area contributed by atoms with E-state index in [4.69, 9.17) is 16.7 Å². The first kappa shape index (κ1) is 13.1. The Bertz CT molecular complexity index is 467. The second-order valence-corrected chi connectivity index (χ2v) is 4.99. The molecule has 2 heterocycles. The maximum Gasteiger partial charge on any atom is 0.356 e. The van der Waals surface area contributed by atoms with Crippen LogP contribution in [-0.2, 0) is 0 Å². The summed E-state index contributed by atoms with van der Waals surface area (Å²) in [5.41, 5.74) is -0.151. The molecule has 0 saturated carbocycles. The third-order valence-electron chi connectivity index (χ3n) is 3.28. The van der Waals surface area contributed by atoms with Gasteiger partial charge in [0.25, 0.3) is 0 Å². The number of halogens is 1. The number of carbonyl (C=O) groups is 1. The number of carboxylic acid groups (broad SMARTS) is 1. The van der Waals surface area contributed by atoms with Gasteiger partial charge in [0, 0.05) is 13.1 Å². The van der Waals surface area contributed by atoms with Gasteiger partial charge in [-0.05, 0) is 24.5 Å². The number of β-amino-alcohol motifs (C(OH)–C–C–N with tert-alkyl or cyclic N) is 1. The lowest BCUT2D eigenvalue weighted by Gasteiger charge is -2.35. The monoisotopic (exact) mass is 270 g/mol. The number of pyridine rings is 1. The Hall–Kier alpha value is -1.33. The summed E-state index contributed by atoms with van der Waals surface area (Å²) in [7, 11) is 0. The molecule has 98 valence electrons. The van der Waals surface area contributed by atoms with Gasteiger partial charge >= 0.3 is 5.97 Å². The van der Waals surface area contributed by atoms with Crippen molar-refractivity contribution < 1.29 is 15.0 Å². The molecule has 2 unspecified atom stereocenters. The molecule has 1 saturated heterocycles. The molecule has 1 aromatic heterocycles. The summed E-state index contributed by atoms with van der Waals surface area (Å²) in [6, 6.07) is 3.20. The average molecular weight is 271 g/mol. The first-order valence-corrected chi connectivity index (χ1v) is 6.19. The van der Waals surface area contributed by atoms with Crippen molar-refractivity contribution in [1.29, 1.82) is 0 Å². The number of aliphatic hydroxyl groups is 1. The average Bonchev–Trinajstić information content (AvgIpc) is 2.33. The highest BCUT2D eigenvalue weighted by molar-refractivity contribution is 6.33. The largest absolute Gasteiger partial charge is 0.476 e. The first-order chi connectivity index (χ1) is 8.49. The molecule has 1 aromatic rings. The Morgan fingerprint density at radius 2 is 2.28 bits per heavy atom. The molecule has 5 nitrogen and oxygen atoms in total. The lowest BCUT2D eigenvalue weighted by molar-refractivity contribution is 0.0690. The molecule has 0 aromatic carbocycles. The maximum absolute atomic E-state index is 11.0. The van der Waals surface area contributed by atoms with E-state index >= 15 is 0 Å². The Morgan fingerprint density at radius 1 is 1.56 bits per heavy atom. The molecule has 1 aliphatic heterocycles. The van der Waals surface area contributed by atoms with Gasteiger partial charge in [-0.2, -0.15) is 0 Å². The highest BCUT2D eigenvalue weighted by Gasteiger charge is 2.25. The minimum Gasteiger partial charge on any atom is -0.476 e. The van der Waals surface area contributed by atoms with E-state index in [1.165, 1.54) is 6.07 Å². The fourth-order valence-electron chi connectivity index (χ4n) is 2.01. The van der Waals surface area contributed by atoms with Crippen LogP contribution in [0.1, 0.15) is 23.8 Å². The number of aliphatic hydroxyl groups excluding tert-OH is 1. The Labute approximate surface area is 110 Å². The zero-order chi connectivity index (χ0) is 13.3. The molecular formula is C12H15ClN2O3.